The van der Waals surface area contributed by atoms with Crippen LogP contribution >= 0.6 is 0 Å². The van der Waals surface area contributed by atoms with Crippen LogP contribution in [-0.2, 0) is 9.53 Å². The van der Waals surface area contributed by atoms with Crippen LogP contribution in [0.4, 0.5) is 0 Å². The summed E-state index contributed by atoms with van der Waals surface area (Å²) in [5.74, 6) is 2.45. The third-order valence-corrected chi connectivity index (χ3v) is 2.46. The zero-order valence-corrected chi connectivity index (χ0v) is 7.43. The Morgan fingerprint density at radius 3 is 2.67 bits per heavy atom. The van der Waals surface area contributed by atoms with E-state index in [-0.39, 0.29) is 11.4 Å². The number of carbonyl (C=O) groups is 1. The van der Waals surface area contributed by atoms with Gasteiger partial charge in [0, 0.05) is 6.42 Å². The van der Waals surface area contributed by atoms with E-state index in [0.29, 0.717) is 13.0 Å². The van der Waals surface area contributed by atoms with E-state index in [0.717, 1.165) is 19.3 Å². The molecule has 0 aromatic heterocycles. The van der Waals surface area contributed by atoms with Crippen LogP contribution in [0.15, 0.2) is 0 Å². The van der Waals surface area contributed by atoms with Gasteiger partial charge < -0.3 is 4.74 Å². The number of rotatable bonds is 3. The Bertz CT molecular complexity index is 208. The van der Waals surface area contributed by atoms with Crippen molar-refractivity contribution in [2.45, 2.75) is 32.6 Å². The maximum atomic E-state index is 11.4. The lowest BCUT2D eigenvalue weighted by Crippen LogP contribution is -2.39. The molecule has 0 atom stereocenters. The molecule has 66 valence electrons. The Hall–Kier alpha value is -0.970. The molecule has 1 fully saturated rings. The van der Waals surface area contributed by atoms with Crippen LogP contribution in [0.1, 0.15) is 32.6 Å². The van der Waals surface area contributed by atoms with Crippen molar-refractivity contribution >= 4 is 5.97 Å². The molecule has 0 aromatic rings. The molecule has 0 bridgehead atoms. The highest BCUT2D eigenvalue weighted by atomic mass is 16.5. The lowest BCUT2D eigenvalue weighted by atomic mass is 9.67. The molecule has 1 rings (SSSR count). The van der Waals surface area contributed by atoms with Crippen molar-refractivity contribution in [2.24, 2.45) is 5.41 Å². The van der Waals surface area contributed by atoms with Gasteiger partial charge in [-0.05, 0) is 19.8 Å². The molecule has 0 amide bonds. The molecule has 0 unspecified atom stereocenters. The van der Waals surface area contributed by atoms with Crippen LogP contribution in [0.5, 0.6) is 0 Å². The van der Waals surface area contributed by atoms with E-state index in [1.807, 2.05) is 6.92 Å². The Balaban J connectivity index is 2.55. The number of carbonyl (C=O) groups excluding carboxylic acids is 1. The largest absolute Gasteiger partial charge is 0.466 e. The van der Waals surface area contributed by atoms with Gasteiger partial charge in [0.1, 0.15) is 0 Å². The number of hydrogen-bond acceptors (Lipinski definition) is 2. The molecule has 2 nitrogen and oxygen atoms in total. The van der Waals surface area contributed by atoms with Gasteiger partial charge in [0.15, 0.2) is 0 Å². The quantitative estimate of drug-likeness (QED) is 0.471. The number of esters is 1. The highest BCUT2D eigenvalue weighted by Crippen LogP contribution is 2.44. The third-order valence-electron chi connectivity index (χ3n) is 2.46. The van der Waals surface area contributed by atoms with Crippen LogP contribution in [0.2, 0.25) is 0 Å². The molecule has 12 heavy (non-hydrogen) atoms. The van der Waals surface area contributed by atoms with Gasteiger partial charge in [-0.15, -0.1) is 12.3 Å². The van der Waals surface area contributed by atoms with Crippen molar-refractivity contribution in [3.63, 3.8) is 0 Å². The first kappa shape index (κ1) is 9.12. The summed E-state index contributed by atoms with van der Waals surface area (Å²) in [5, 5.41) is 0. The standard InChI is InChI=1S/C10H14O2/c1-3-6-10(7-5-8-10)9(11)12-4-2/h1H,4-8H2,2H3. The third kappa shape index (κ3) is 1.45. The molecule has 1 aliphatic rings. The van der Waals surface area contributed by atoms with Crippen molar-refractivity contribution in [2.75, 3.05) is 6.61 Å². The van der Waals surface area contributed by atoms with Crippen LogP contribution < -0.4 is 0 Å². The summed E-state index contributed by atoms with van der Waals surface area (Å²) in [6.45, 7) is 2.27. The van der Waals surface area contributed by atoms with Crippen LogP contribution in [0.25, 0.3) is 0 Å². The summed E-state index contributed by atoms with van der Waals surface area (Å²) in [4.78, 5) is 11.4. The monoisotopic (exact) mass is 166 g/mol. The molecule has 0 aromatic carbocycles. The fourth-order valence-electron chi connectivity index (χ4n) is 1.54. The topological polar surface area (TPSA) is 26.3 Å². The predicted octanol–water partition coefficient (Wildman–Crippen LogP) is 1.74. The minimum absolute atomic E-state index is 0.103. The molecule has 1 aliphatic carbocycles. The highest BCUT2D eigenvalue weighted by molar-refractivity contribution is 5.78. The second-order valence-corrected chi connectivity index (χ2v) is 3.24. The van der Waals surface area contributed by atoms with Gasteiger partial charge in [-0.25, -0.2) is 0 Å². The highest BCUT2D eigenvalue weighted by Gasteiger charge is 2.44. The van der Waals surface area contributed by atoms with Crippen molar-refractivity contribution < 1.29 is 9.53 Å². The summed E-state index contributed by atoms with van der Waals surface area (Å²) < 4.78 is 4.97. The Morgan fingerprint density at radius 1 is 1.67 bits per heavy atom. The maximum absolute atomic E-state index is 11.4. The van der Waals surface area contributed by atoms with E-state index in [9.17, 15) is 4.79 Å². The Labute approximate surface area is 73.3 Å². The fraction of sp³-hybridized carbons (Fsp3) is 0.700. The first-order valence-electron chi connectivity index (χ1n) is 4.36. The first-order chi connectivity index (χ1) is 5.75. The van der Waals surface area contributed by atoms with E-state index in [2.05, 4.69) is 5.92 Å². The van der Waals surface area contributed by atoms with E-state index < -0.39 is 0 Å². The summed E-state index contributed by atoms with van der Waals surface area (Å²) >= 11 is 0. The van der Waals surface area contributed by atoms with Crippen molar-refractivity contribution in [1.82, 2.24) is 0 Å². The molecule has 1 saturated carbocycles. The molecule has 0 aliphatic heterocycles. The summed E-state index contributed by atoms with van der Waals surface area (Å²) in [6.07, 6.45) is 8.63. The van der Waals surface area contributed by atoms with Crippen molar-refractivity contribution in [1.29, 1.82) is 0 Å². The van der Waals surface area contributed by atoms with Gasteiger partial charge in [-0.2, -0.15) is 0 Å². The van der Waals surface area contributed by atoms with Gasteiger partial charge >= 0.3 is 5.97 Å². The summed E-state index contributed by atoms with van der Waals surface area (Å²) in [5.41, 5.74) is -0.315. The second-order valence-electron chi connectivity index (χ2n) is 3.24. The summed E-state index contributed by atoms with van der Waals surface area (Å²) in [7, 11) is 0. The zero-order valence-electron chi connectivity index (χ0n) is 7.43. The predicted molar refractivity (Wildman–Crippen MR) is 46.4 cm³/mol. The van der Waals surface area contributed by atoms with Gasteiger partial charge in [-0.3, -0.25) is 4.79 Å². The average Bonchev–Trinajstić information content (AvgIpc) is 1.97. The first-order valence-corrected chi connectivity index (χ1v) is 4.36. The molecular formula is C10H14O2. The lowest BCUT2D eigenvalue weighted by molar-refractivity contribution is -0.160. The van der Waals surface area contributed by atoms with E-state index in [4.69, 9.17) is 11.2 Å². The normalized spacial score (nSPS) is 19.0. The van der Waals surface area contributed by atoms with Gasteiger partial charge in [0.05, 0.1) is 12.0 Å². The molecule has 0 radical (unpaired) electrons. The van der Waals surface area contributed by atoms with E-state index in [1.165, 1.54) is 0 Å². The smallest absolute Gasteiger partial charge is 0.313 e. The molecule has 2 heteroatoms. The lowest BCUT2D eigenvalue weighted by Gasteiger charge is -2.37. The molecular weight excluding hydrogens is 152 g/mol. The van der Waals surface area contributed by atoms with Gasteiger partial charge in [0.25, 0.3) is 0 Å². The fourth-order valence-corrected chi connectivity index (χ4v) is 1.54. The minimum Gasteiger partial charge on any atom is -0.466 e. The Morgan fingerprint density at radius 2 is 2.33 bits per heavy atom. The number of hydrogen-bond donors (Lipinski definition) is 0. The van der Waals surface area contributed by atoms with Gasteiger partial charge in [-0.1, -0.05) is 6.42 Å². The van der Waals surface area contributed by atoms with Crippen LogP contribution in [0.3, 0.4) is 0 Å². The number of terminal acetylenes is 1. The molecule has 0 saturated heterocycles. The molecule has 0 spiro atoms. The molecule has 0 N–H and O–H groups in total. The van der Waals surface area contributed by atoms with Crippen molar-refractivity contribution in [3.8, 4) is 12.3 Å². The van der Waals surface area contributed by atoms with Gasteiger partial charge in [0.2, 0.25) is 0 Å². The summed E-state index contributed by atoms with van der Waals surface area (Å²) in [6, 6.07) is 0. The minimum atomic E-state index is -0.315. The van der Waals surface area contributed by atoms with Crippen LogP contribution in [-0.4, -0.2) is 12.6 Å². The average molecular weight is 166 g/mol. The SMILES string of the molecule is C#CCC1(C(=O)OCC)CCC1. The number of ether oxygens (including phenoxy) is 1. The second kappa shape index (κ2) is 3.62. The van der Waals surface area contributed by atoms with E-state index in [1.54, 1.807) is 0 Å². The molecule has 0 heterocycles. The zero-order chi connectivity index (χ0) is 9.03. The maximum Gasteiger partial charge on any atom is 0.313 e. The van der Waals surface area contributed by atoms with Crippen molar-refractivity contribution in [3.05, 3.63) is 0 Å². The Kier molecular flexibility index (Phi) is 2.75. The van der Waals surface area contributed by atoms with Crippen LogP contribution in [0, 0.1) is 17.8 Å². The van der Waals surface area contributed by atoms with E-state index >= 15 is 0 Å².